The Morgan fingerprint density at radius 1 is 0.812 bits per heavy atom. The highest BCUT2D eigenvalue weighted by Gasteiger charge is 2.41. The van der Waals surface area contributed by atoms with Gasteiger partial charge in [-0.3, -0.25) is 9.59 Å². The number of imide groups is 1. The van der Waals surface area contributed by atoms with Crippen LogP contribution in [0.25, 0.3) is 5.57 Å². The summed E-state index contributed by atoms with van der Waals surface area (Å²) < 4.78 is 5.90. The molecule has 0 bridgehead atoms. The standard InChI is InChI=1S/C27H26N2O3/c1-17(2)32-23-11-6-5-10-22(23)29-26(30)24(20-14-12-18(3)13-15-20)25(27(29)31)28-21-9-7-8-19(4)16-21/h5-17,28H,1-4H3. The molecule has 0 aliphatic carbocycles. The van der Waals surface area contributed by atoms with Crippen molar-refractivity contribution in [3.63, 3.8) is 0 Å². The van der Waals surface area contributed by atoms with E-state index in [0.717, 1.165) is 16.8 Å². The molecule has 1 heterocycles. The molecule has 0 unspecified atom stereocenters. The van der Waals surface area contributed by atoms with Crippen molar-refractivity contribution in [2.45, 2.75) is 33.8 Å². The van der Waals surface area contributed by atoms with E-state index in [-0.39, 0.29) is 17.7 Å². The second-order valence-corrected chi connectivity index (χ2v) is 8.19. The number of benzene rings is 3. The highest BCUT2D eigenvalue weighted by Crippen LogP contribution is 2.38. The number of hydrogen-bond donors (Lipinski definition) is 1. The van der Waals surface area contributed by atoms with Crippen LogP contribution in [-0.4, -0.2) is 17.9 Å². The lowest BCUT2D eigenvalue weighted by molar-refractivity contribution is -0.120. The highest BCUT2D eigenvalue weighted by atomic mass is 16.5. The maximum Gasteiger partial charge on any atom is 0.282 e. The van der Waals surface area contributed by atoms with Crippen LogP contribution in [0.5, 0.6) is 5.75 Å². The fraction of sp³-hybridized carbons (Fsp3) is 0.185. The lowest BCUT2D eigenvalue weighted by Crippen LogP contribution is -2.33. The number of ether oxygens (including phenoxy) is 1. The number of aryl methyl sites for hydroxylation is 2. The van der Waals surface area contributed by atoms with Crippen LogP contribution in [0.3, 0.4) is 0 Å². The molecule has 4 rings (SSSR count). The molecular formula is C27H26N2O3. The molecule has 32 heavy (non-hydrogen) atoms. The number of amides is 2. The first-order chi connectivity index (χ1) is 15.3. The number of rotatable bonds is 6. The van der Waals surface area contributed by atoms with E-state index >= 15 is 0 Å². The van der Waals surface area contributed by atoms with Crippen molar-refractivity contribution in [2.24, 2.45) is 0 Å². The summed E-state index contributed by atoms with van der Waals surface area (Å²) in [5.41, 5.74) is 4.60. The molecule has 1 aliphatic heterocycles. The highest BCUT2D eigenvalue weighted by molar-refractivity contribution is 6.46. The largest absolute Gasteiger partial charge is 0.489 e. The Kier molecular flexibility index (Phi) is 5.82. The Morgan fingerprint density at radius 2 is 1.53 bits per heavy atom. The van der Waals surface area contributed by atoms with Gasteiger partial charge in [0, 0.05) is 5.69 Å². The van der Waals surface area contributed by atoms with Crippen LogP contribution in [0, 0.1) is 13.8 Å². The minimum Gasteiger partial charge on any atom is -0.489 e. The molecule has 3 aromatic carbocycles. The zero-order valence-electron chi connectivity index (χ0n) is 18.7. The summed E-state index contributed by atoms with van der Waals surface area (Å²) in [6, 6.07) is 22.4. The SMILES string of the molecule is Cc1ccc(C2=C(Nc3cccc(C)c3)C(=O)N(c3ccccc3OC(C)C)C2=O)cc1. The van der Waals surface area contributed by atoms with Crippen LogP contribution in [0.2, 0.25) is 0 Å². The van der Waals surface area contributed by atoms with E-state index in [4.69, 9.17) is 4.74 Å². The van der Waals surface area contributed by atoms with Crippen LogP contribution in [0.1, 0.15) is 30.5 Å². The van der Waals surface area contributed by atoms with E-state index in [1.54, 1.807) is 18.2 Å². The molecule has 0 radical (unpaired) electrons. The first-order valence-electron chi connectivity index (χ1n) is 10.6. The van der Waals surface area contributed by atoms with E-state index in [1.165, 1.54) is 4.90 Å². The van der Waals surface area contributed by atoms with Crippen LogP contribution < -0.4 is 15.0 Å². The average molecular weight is 427 g/mol. The van der Waals surface area contributed by atoms with Crippen LogP contribution >= 0.6 is 0 Å². The number of hydrogen-bond acceptors (Lipinski definition) is 4. The minimum atomic E-state index is -0.410. The van der Waals surface area contributed by atoms with E-state index in [9.17, 15) is 9.59 Å². The van der Waals surface area contributed by atoms with E-state index in [0.29, 0.717) is 22.6 Å². The van der Waals surface area contributed by atoms with Gasteiger partial charge in [-0.05, 0) is 63.1 Å². The molecule has 0 saturated carbocycles. The summed E-state index contributed by atoms with van der Waals surface area (Å²) in [6.07, 6.45) is -0.0987. The number of para-hydroxylation sites is 2. The minimum absolute atomic E-state index is 0.0987. The quantitative estimate of drug-likeness (QED) is 0.530. The summed E-state index contributed by atoms with van der Waals surface area (Å²) >= 11 is 0. The van der Waals surface area contributed by atoms with Crippen molar-refractivity contribution in [2.75, 3.05) is 10.2 Å². The van der Waals surface area contributed by atoms with Crippen molar-refractivity contribution in [3.05, 3.63) is 95.2 Å². The second-order valence-electron chi connectivity index (χ2n) is 8.19. The molecule has 0 spiro atoms. The van der Waals surface area contributed by atoms with Gasteiger partial charge in [-0.15, -0.1) is 0 Å². The molecule has 1 N–H and O–H groups in total. The monoisotopic (exact) mass is 426 g/mol. The van der Waals surface area contributed by atoms with Gasteiger partial charge < -0.3 is 10.1 Å². The summed E-state index contributed by atoms with van der Waals surface area (Å²) in [5.74, 6) is -0.301. The van der Waals surface area contributed by atoms with Gasteiger partial charge in [-0.25, -0.2) is 4.90 Å². The summed E-state index contributed by atoms with van der Waals surface area (Å²) in [4.78, 5) is 28.5. The van der Waals surface area contributed by atoms with Crippen LogP contribution in [0.4, 0.5) is 11.4 Å². The molecule has 5 nitrogen and oxygen atoms in total. The Labute approximate surface area is 188 Å². The second kappa shape index (κ2) is 8.71. The third-order valence-corrected chi connectivity index (χ3v) is 5.18. The van der Waals surface area contributed by atoms with Gasteiger partial charge in [0.2, 0.25) is 0 Å². The van der Waals surface area contributed by atoms with E-state index < -0.39 is 5.91 Å². The number of carbonyl (C=O) groups excluding carboxylic acids is 2. The lowest BCUT2D eigenvalue weighted by Gasteiger charge is -2.20. The van der Waals surface area contributed by atoms with Gasteiger partial charge >= 0.3 is 0 Å². The summed E-state index contributed by atoms with van der Waals surface area (Å²) in [6.45, 7) is 7.78. The molecule has 0 saturated heterocycles. The first-order valence-corrected chi connectivity index (χ1v) is 10.6. The molecule has 1 aliphatic rings. The van der Waals surface area contributed by atoms with Crippen molar-refractivity contribution < 1.29 is 14.3 Å². The van der Waals surface area contributed by atoms with E-state index in [1.807, 2.05) is 82.3 Å². The fourth-order valence-electron chi connectivity index (χ4n) is 3.72. The third kappa shape index (κ3) is 4.14. The zero-order valence-corrected chi connectivity index (χ0v) is 18.7. The predicted octanol–water partition coefficient (Wildman–Crippen LogP) is 5.49. The molecule has 3 aromatic rings. The predicted molar refractivity (Wildman–Crippen MR) is 128 cm³/mol. The Balaban J connectivity index is 1.83. The van der Waals surface area contributed by atoms with Gasteiger partial charge in [0.15, 0.2) is 0 Å². The van der Waals surface area contributed by atoms with Gasteiger partial charge in [0.05, 0.1) is 17.4 Å². The average Bonchev–Trinajstić information content (AvgIpc) is 2.98. The topological polar surface area (TPSA) is 58.6 Å². The van der Waals surface area contributed by atoms with Crippen molar-refractivity contribution in [3.8, 4) is 5.75 Å². The molecule has 5 heteroatoms. The molecule has 2 amide bonds. The van der Waals surface area contributed by atoms with Crippen LogP contribution in [-0.2, 0) is 9.59 Å². The Morgan fingerprint density at radius 3 is 2.22 bits per heavy atom. The maximum atomic E-state index is 13.7. The van der Waals surface area contributed by atoms with Gasteiger partial charge in [-0.2, -0.15) is 0 Å². The molecule has 162 valence electrons. The van der Waals surface area contributed by atoms with E-state index in [2.05, 4.69) is 5.32 Å². The molecule has 0 atom stereocenters. The van der Waals surface area contributed by atoms with Crippen molar-refractivity contribution in [1.82, 2.24) is 0 Å². The number of anilines is 2. The van der Waals surface area contributed by atoms with Gasteiger partial charge in [0.25, 0.3) is 11.8 Å². The maximum absolute atomic E-state index is 13.7. The lowest BCUT2D eigenvalue weighted by atomic mass is 10.0. The first kappa shape index (κ1) is 21.4. The van der Waals surface area contributed by atoms with Gasteiger partial charge in [-0.1, -0.05) is 54.1 Å². The molecule has 0 aromatic heterocycles. The van der Waals surface area contributed by atoms with Crippen molar-refractivity contribution >= 4 is 28.8 Å². The zero-order chi connectivity index (χ0) is 22.8. The molecule has 0 fully saturated rings. The number of nitrogens with one attached hydrogen (secondary N) is 1. The fourth-order valence-corrected chi connectivity index (χ4v) is 3.72. The van der Waals surface area contributed by atoms with Crippen molar-refractivity contribution in [1.29, 1.82) is 0 Å². The third-order valence-electron chi connectivity index (χ3n) is 5.18. The van der Waals surface area contributed by atoms with Gasteiger partial charge in [0.1, 0.15) is 11.4 Å². The summed E-state index contributed by atoms with van der Waals surface area (Å²) in [5, 5.41) is 3.21. The molecular weight excluding hydrogens is 400 g/mol. The smallest absolute Gasteiger partial charge is 0.282 e. The normalized spacial score (nSPS) is 13.8. The Bertz CT molecular complexity index is 1210. The number of nitrogens with zero attached hydrogens (tertiary/aromatic N) is 1. The summed E-state index contributed by atoms with van der Waals surface area (Å²) in [7, 11) is 0. The number of carbonyl (C=O) groups is 2. The van der Waals surface area contributed by atoms with Crippen LogP contribution in [0.15, 0.2) is 78.5 Å². The Hall–Kier alpha value is -3.86.